The summed E-state index contributed by atoms with van der Waals surface area (Å²) in [5.41, 5.74) is 1.72. The smallest absolute Gasteiger partial charge is 0.134 e. The fourth-order valence-corrected chi connectivity index (χ4v) is 1.82. The van der Waals surface area contributed by atoms with E-state index < -0.39 is 0 Å². The van der Waals surface area contributed by atoms with E-state index in [0.29, 0.717) is 6.42 Å². The predicted molar refractivity (Wildman–Crippen MR) is 57.6 cm³/mol. The molecule has 2 aromatic rings. The minimum absolute atomic E-state index is 0.0178. The van der Waals surface area contributed by atoms with Gasteiger partial charge in [0, 0.05) is 23.3 Å². The van der Waals surface area contributed by atoms with Gasteiger partial charge in [-0.25, -0.2) is 15.0 Å². The average Bonchev–Trinajstić information content (AvgIpc) is 2.65. The Balaban J connectivity index is 2.11. The van der Waals surface area contributed by atoms with Crippen molar-refractivity contribution in [1.82, 2.24) is 15.0 Å². The molecule has 0 amide bonds. The van der Waals surface area contributed by atoms with Gasteiger partial charge in [-0.3, -0.25) is 0 Å². The molecule has 0 saturated carbocycles. The summed E-state index contributed by atoms with van der Waals surface area (Å²) in [6.07, 6.45) is 3.93. The Kier molecular flexibility index (Phi) is 3.03. The third-order valence-electron chi connectivity index (χ3n) is 1.95. The van der Waals surface area contributed by atoms with Crippen molar-refractivity contribution in [3.63, 3.8) is 0 Å². The molecule has 0 unspecified atom stereocenters. The van der Waals surface area contributed by atoms with Gasteiger partial charge in [-0.05, 0) is 6.92 Å². The zero-order valence-corrected chi connectivity index (χ0v) is 9.16. The second kappa shape index (κ2) is 4.46. The summed E-state index contributed by atoms with van der Waals surface area (Å²) in [5.74, 6) is 0.734. The summed E-state index contributed by atoms with van der Waals surface area (Å²) < 4.78 is 0. The second-order valence-electron chi connectivity index (χ2n) is 3.20. The van der Waals surface area contributed by atoms with E-state index >= 15 is 0 Å². The molecule has 5 heteroatoms. The number of aryl methyl sites for hydroxylation is 1. The number of thiazole rings is 1. The van der Waals surface area contributed by atoms with Gasteiger partial charge in [0.25, 0.3) is 0 Å². The van der Waals surface area contributed by atoms with E-state index in [4.69, 9.17) is 5.11 Å². The SMILES string of the molecule is Cc1nc(Cc2ncc(CO)cn2)cs1. The highest BCUT2D eigenvalue weighted by Crippen LogP contribution is 2.10. The maximum atomic E-state index is 8.83. The van der Waals surface area contributed by atoms with Crippen LogP contribution in [0, 0.1) is 6.92 Å². The van der Waals surface area contributed by atoms with Crippen LogP contribution < -0.4 is 0 Å². The minimum Gasteiger partial charge on any atom is -0.392 e. The molecule has 0 fully saturated rings. The number of hydrogen-bond acceptors (Lipinski definition) is 5. The zero-order chi connectivity index (χ0) is 10.7. The Hall–Kier alpha value is -1.33. The molecule has 1 N–H and O–H groups in total. The zero-order valence-electron chi connectivity index (χ0n) is 8.34. The maximum absolute atomic E-state index is 8.83. The number of rotatable bonds is 3. The first kappa shape index (κ1) is 10.2. The van der Waals surface area contributed by atoms with Crippen LogP contribution in [0.4, 0.5) is 0 Å². The molecule has 0 bridgehead atoms. The Morgan fingerprint density at radius 3 is 2.60 bits per heavy atom. The summed E-state index contributed by atoms with van der Waals surface area (Å²) in [6, 6.07) is 0. The molecule has 0 atom stereocenters. The molecule has 0 saturated heterocycles. The van der Waals surface area contributed by atoms with Crippen LogP contribution in [0.3, 0.4) is 0 Å². The van der Waals surface area contributed by atoms with Gasteiger partial charge in [0.15, 0.2) is 0 Å². The van der Waals surface area contributed by atoms with Gasteiger partial charge in [-0.2, -0.15) is 0 Å². The van der Waals surface area contributed by atoms with Crippen molar-refractivity contribution in [3.8, 4) is 0 Å². The number of nitrogens with zero attached hydrogens (tertiary/aromatic N) is 3. The lowest BCUT2D eigenvalue weighted by atomic mass is 10.3. The van der Waals surface area contributed by atoms with Crippen LogP contribution in [-0.4, -0.2) is 20.1 Å². The average molecular weight is 221 g/mol. The van der Waals surface area contributed by atoms with Crippen LogP contribution >= 0.6 is 11.3 Å². The van der Waals surface area contributed by atoms with Crippen LogP contribution in [0.15, 0.2) is 17.8 Å². The van der Waals surface area contributed by atoms with Crippen LogP contribution in [0.2, 0.25) is 0 Å². The molecule has 0 spiro atoms. The topological polar surface area (TPSA) is 58.9 Å². The highest BCUT2D eigenvalue weighted by atomic mass is 32.1. The predicted octanol–water partition coefficient (Wildman–Crippen LogP) is 1.32. The van der Waals surface area contributed by atoms with Crippen molar-refractivity contribution in [1.29, 1.82) is 0 Å². The summed E-state index contributed by atoms with van der Waals surface area (Å²) in [4.78, 5) is 12.6. The minimum atomic E-state index is -0.0178. The largest absolute Gasteiger partial charge is 0.392 e. The molecular formula is C10H11N3OS. The molecule has 0 aliphatic rings. The molecule has 0 aliphatic carbocycles. The van der Waals surface area contributed by atoms with Gasteiger partial charge in [0.1, 0.15) is 5.82 Å². The van der Waals surface area contributed by atoms with Crippen molar-refractivity contribution in [2.24, 2.45) is 0 Å². The highest BCUT2D eigenvalue weighted by molar-refractivity contribution is 7.09. The molecular weight excluding hydrogens is 210 g/mol. The number of aliphatic hydroxyl groups is 1. The third-order valence-corrected chi connectivity index (χ3v) is 2.77. The Morgan fingerprint density at radius 2 is 2.07 bits per heavy atom. The Labute approximate surface area is 91.7 Å². The highest BCUT2D eigenvalue weighted by Gasteiger charge is 2.02. The Bertz CT molecular complexity index is 438. The van der Waals surface area contributed by atoms with Crippen molar-refractivity contribution < 1.29 is 5.11 Å². The fraction of sp³-hybridized carbons (Fsp3) is 0.300. The first-order chi connectivity index (χ1) is 7.28. The van der Waals surface area contributed by atoms with Crippen LogP contribution in [-0.2, 0) is 13.0 Å². The van der Waals surface area contributed by atoms with E-state index in [-0.39, 0.29) is 6.61 Å². The van der Waals surface area contributed by atoms with Crippen LogP contribution in [0.5, 0.6) is 0 Å². The molecule has 2 aromatic heterocycles. The van der Waals surface area contributed by atoms with Gasteiger partial charge >= 0.3 is 0 Å². The number of aliphatic hydroxyl groups excluding tert-OH is 1. The van der Waals surface area contributed by atoms with E-state index in [1.165, 1.54) is 0 Å². The van der Waals surface area contributed by atoms with Gasteiger partial charge in [0.05, 0.1) is 23.7 Å². The lowest BCUT2D eigenvalue weighted by Gasteiger charge is -1.98. The first-order valence-corrected chi connectivity index (χ1v) is 5.47. The van der Waals surface area contributed by atoms with Crippen molar-refractivity contribution in [2.75, 3.05) is 0 Å². The fourth-order valence-electron chi connectivity index (χ4n) is 1.21. The third kappa shape index (κ3) is 2.57. The van der Waals surface area contributed by atoms with Crippen molar-refractivity contribution in [3.05, 3.63) is 39.9 Å². The number of hydrogen-bond donors (Lipinski definition) is 1. The lowest BCUT2D eigenvalue weighted by Crippen LogP contribution is -1.98. The van der Waals surface area contributed by atoms with Gasteiger partial charge in [-0.15, -0.1) is 11.3 Å². The summed E-state index contributed by atoms with van der Waals surface area (Å²) in [6.45, 7) is 1.96. The van der Waals surface area contributed by atoms with Crippen molar-refractivity contribution >= 4 is 11.3 Å². The first-order valence-electron chi connectivity index (χ1n) is 4.59. The monoisotopic (exact) mass is 221 g/mol. The van der Waals surface area contributed by atoms with Crippen molar-refractivity contribution in [2.45, 2.75) is 20.0 Å². The summed E-state index contributed by atoms with van der Waals surface area (Å²) in [5, 5.41) is 11.9. The molecule has 15 heavy (non-hydrogen) atoms. The molecule has 0 aromatic carbocycles. The summed E-state index contributed by atoms with van der Waals surface area (Å²) >= 11 is 1.62. The molecule has 78 valence electrons. The second-order valence-corrected chi connectivity index (χ2v) is 4.26. The van der Waals surface area contributed by atoms with Crippen LogP contribution in [0.25, 0.3) is 0 Å². The normalized spacial score (nSPS) is 10.5. The molecule has 0 aliphatic heterocycles. The molecule has 2 heterocycles. The maximum Gasteiger partial charge on any atom is 0.134 e. The summed E-state index contributed by atoms with van der Waals surface area (Å²) in [7, 11) is 0. The number of aromatic nitrogens is 3. The molecule has 0 radical (unpaired) electrons. The van der Waals surface area contributed by atoms with E-state index in [2.05, 4.69) is 15.0 Å². The standard InChI is InChI=1S/C10H11N3OS/c1-7-13-9(6-15-7)2-10-11-3-8(5-14)4-12-10/h3-4,6,14H,2,5H2,1H3. The van der Waals surface area contributed by atoms with E-state index in [9.17, 15) is 0 Å². The van der Waals surface area contributed by atoms with Crippen LogP contribution in [0.1, 0.15) is 22.1 Å². The molecule has 4 nitrogen and oxygen atoms in total. The lowest BCUT2D eigenvalue weighted by molar-refractivity contribution is 0.280. The van der Waals surface area contributed by atoms with Gasteiger partial charge in [-0.1, -0.05) is 0 Å². The quantitative estimate of drug-likeness (QED) is 0.849. The molecule has 2 rings (SSSR count). The van der Waals surface area contributed by atoms with Gasteiger partial charge in [0.2, 0.25) is 0 Å². The van der Waals surface area contributed by atoms with E-state index in [1.807, 2.05) is 12.3 Å². The Morgan fingerprint density at radius 1 is 1.33 bits per heavy atom. The van der Waals surface area contributed by atoms with E-state index in [0.717, 1.165) is 22.1 Å². The van der Waals surface area contributed by atoms with E-state index in [1.54, 1.807) is 23.7 Å². The van der Waals surface area contributed by atoms with Gasteiger partial charge < -0.3 is 5.11 Å².